The molecule has 0 bridgehead atoms. The Bertz CT molecular complexity index is 1200. The summed E-state index contributed by atoms with van der Waals surface area (Å²) < 4.78 is 35.3. The molecule has 1 aliphatic heterocycles. The van der Waals surface area contributed by atoms with Gasteiger partial charge in [-0.05, 0) is 48.2 Å². The first-order valence-corrected chi connectivity index (χ1v) is 10.8. The van der Waals surface area contributed by atoms with E-state index in [-0.39, 0.29) is 17.5 Å². The molecule has 0 atom stereocenters. The molecule has 7 nitrogen and oxygen atoms in total. The highest BCUT2D eigenvalue weighted by Crippen LogP contribution is 2.42. The summed E-state index contributed by atoms with van der Waals surface area (Å²) in [4.78, 5) is 24.5. The topological polar surface area (TPSA) is 88.7 Å². The van der Waals surface area contributed by atoms with Gasteiger partial charge in [0, 0.05) is 30.4 Å². The van der Waals surface area contributed by atoms with E-state index in [0.717, 1.165) is 16.7 Å². The van der Waals surface area contributed by atoms with Crippen LogP contribution in [0.2, 0.25) is 0 Å². The number of halogens is 2. The number of ether oxygens (including phenoxy) is 2. The molecule has 1 heterocycles. The van der Waals surface area contributed by atoms with Crippen molar-refractivity contribution in [1.82, 2.24) is 10.6 Å². The Morgan fingerprint density at radius 3 is 2.41 bits per heavy atom. The summed E-state index contributed by atoms with van der Waals surface area (Å²) in [6, 6.07) is 18.7. The molecule has 1 aliphatic rings. The minimum atomic E-state index is -3.72. The molecular formula is C25H23F2N3O4. The van der Waals surface area contributed by atoms with Crippen LogP contribution in [0.4, 0.5) is 19.3 Å². The molecule has 3 amide bonds. The number of hydrogen-bond donors (Lipinski definition) is 3. The number of fused-ring (bicyclic) bond motifs is 1. The number of alkyl halides is 2. The Labute approximate surface area is 195 Å². The van der Waals surface area contributed by atoms with Gasteiger partial charge in [0.1, 0.15) is 0 Å². The van der Waals surface area contributed by atoms with Crippen molar-refractivity contribution in [2.45, 2.75) is 19.6 Å². The van der Waals surface area contributed by atoms with E-state index in [1.165, 1.54) is 18.2 Å². The number of nitrogens with one attached hydrogen (secondary N) is 3. The van der Waals surface area contributed by atoms with Gasteiger partial charge in [-0.1, -0.05) is 42.5 Å². The van der Waals surface area contributed by atoms with Gasteiger partial charge in [-0.25, -0.2) is 4.79 Å². The molecule has 0 radical (unpaired) electrons. The second-order valence-electron chi connectivity index (χ2n) is 7.56. The zero-order valence-corrected chi connectivity index (χ0v) is 18.4. The van der Waals surface area contributed by atoms with Crippen LogP contribution in [0.25, 0.3) is 11.1 Å². The number of anilines is 1. The van der Waals surface area contributed by atoms with Crippen molar-refractivity contribution in [3.8, 4) is 22.6 Å². The Balaban J connectivity index is 1.45. The highest BCUT2D eigenvalue weighted by molar-refractivity contribution is 6.08. The summed E-state index contributed by atoms with van der Waals surface area (Å²) in [6.07, 6.45) is -3.05. The van der Waals surface area contributed by atoms with Crippen LogP contribution >= 0.6 is 0 Å². The molecule has 176 valence electrons. The van der Waals surface area contributed by atoms with E-state index in [4.69, 9.17) is 0 Å². The maximum Gasteiger partial charge on any atom is 0.586 e. The molecule has 0 saturated heterocycles. The molecule has 0 aromatic heterocycles. The zero-order valence-electron chi connectivity index (χ0n) is 18.4. The van der Waals surface area contributed by atoms with Crippen LogP contribution < -0.4 is 25.4 Å². The van der Waals surface area contributed by atoms with Crippen molar-refractivity contribution < 1.29 is 27.8 Å². The van der Waals surface area contributed by atoms with E-state index in [1.807, 2.05) is 43.3 Å². The third kappa shape index (κ3) is 5.43. The fourth-order valence-corrected chi connectivity index (χ4v) is 3.55. The number of benzene rings is 3. The highest BCUT2D eigenvalue weighted by Gasteiger charge is 2.43. The van der Waals surface area contributed by atoms with E-state index in [1.54, 1.807) is 12.1 Å². The molecule has 3 aromatic rings. The SMILES string of the molecule is CCNC(=O)NCCc1ccc(-c2ccccc2C(=O)Nc2ccc3c(c2)OC(F)(F)O3)cc1. The number of amides is 3. The molecule has 9 heteroatoms. The lowest BCUT2D eigenvalue weighted by atomic mass is 9.97. The van der Waals surface area contributed by atoms with Gasteiger partial charge in [0.25, 0.3) is 5.91 Å². The van der Waals surface area contributed by atoms with Crippen LogP contribution in [-0.2, 0) is 6.42 Å². The van der Waals surface area contributed by atoms with Crippen LogP contribution in [0, 0.1) is 0 Å². The average molecular weight is 467 g/mol. The molecule has 0 aliphatic carbocycles. The normalized spacial score (nSPS) is 13.3. The van der Waals surface area contributed by atoms with Crippen molar-refractivity contribution in [3.05, 3.63) is 77.9 Å². The monoisotopic (exact) mass is 467 g/mol. The zero-order chi connectivity index (χ0) is 24.1. The summed E-state index contributed by atoms with van der Waals surface area (Å²) in [6.45, 7) is 2.93. The van der Waals surface area contributed by atoms with Crippen molar-refractivity contribution >= 4 is 17.6 Å². The molecule has 3 N–H and O–H groups in total. The predicted molar refractivity (Wildman–Crippen MR) is 123 cm³/mol. The Morgan fingerprint density at radius 1 is 0.912 bits per heavy atom. The number of hydrogen-bond acceptors (Lipinski definition) is 4. The quantitative estimate of drug-likeness (QED) is 0.466. The molecule has 0 spiro atoms. The largest absolute Gasteiger partial charge is 0.586 e. The minimum absolute atomic E-state index is 0.0929. The van der Waals surface area contributed by atoms with Crippen LogP contribution in [0.5, 0.6) is 11.5 Å². The first-order valence-electron chi connectivity index (χ1n) is 10.8. The summed E-state index contributed by atoms with van der Waals surface area (Å²) in [5.74, 6) is -0.630. The van der Waals surface area contributed by atoms with E-state index in [0.29, 0.717) is 30.8 Å². The van der Waals surface area contributed by atoms with Crippen LogP contribution in [0.3, 0.4) is 0 Å². The van der Waals surface area contributed by atoms with E-state index < -0.39 is 12.2 Å². The smallest absolute Gasteiger partial charge is 0.395 e. The average Bonchev–Trinajstić information content (AvgIpc) is 3.13. The second-order valence-corrected chi connectivity index (χ2v) is 7.56. The van der Waals surface area contributed by atoms with E-state index >= 15 is 0 Å². The molecule has 0 fully saturated rings. The van der Waals surface area contributed by atoms with Gasteiger partial charge in [-0.15, -0.1) is 8.78 Å². The fraction of sp³-hybridized carbons (Fsp3) is 0.200. The van der Waals surface area contributed by atoms with E-state index in [9.17, 15) is 18.4 Å². The van der Waals surface area contributed by atoms with Gasteiger partial charge in [-0.3, -0.25) is 4.79 Å². The van der Waals surface area contributed by atoms with Crippen LogP contribution in [-0.4, -0.2) is 31.3 Å². The molecule has 34 heavy (non-hydrogen) atoms. The first-order chi connectivity index (χ1) is 16.3. The maximum atomic E-state index is 13.2. The lowest BCUT2D eigenvalue weighted by Gasteiger charge is -2.12. The van der Waals surface area contributed by atoms with Crippen molar-refractivity contribution in [3.63, 3.8) is 0 Å². The highest BCUT2D eigenvalue weighted by atomic mass is 19.3. The third-order valence-corrected chi connectivity index (χ3v) is 5.13. The van der Waals surface area contributed by atoms with Gasteiger partial charge >= 0.3 is 12.3 Å². The van der Waals surface area contributed by atoms with Crippen molar-refractivity contribution in [2.75, 3.05) is 18.4 Å². The molecular weight excluding hydrogens is 444 g/mol. The number of urea groups is 1. The van der Waals surface area contributed by atoms with Gasteiger partial charge in [0.05, 0.1) is 0 Å². The van der Waals surface area contributed by atoms with Gasteiger partial charge in [-0.2, -0.15) is 0 Å². The lowest BCUT2D eigenvalue weighted by molar-refractivity contribution is -0.286. The van der Waals surface area contributed by atoms with Gasteiger partial charge in [0.2, 0.25) is 0 Å². The predicted octanol–water partition coefficient (Wildman–Crippen LogP) is 4.79. The van der Waals surface area contributed by atoms with Crippen LogP contribution in [0.15, 0.2) is 66.7 Å². The fourth-order valence-electron chi connectivity index (χ4n) is 3.55. The van der Waals surface area contributed by atoms with E-state index in [2.05, 4.69) is 25.4 Å². The molecule has 0 unspecified atom stereocenters. The van der Waals surface area contributed by atoms with Crippen LogP contribution in [0.1, 0.15) is 22.8 Å². The summed E-state index contributed by atoms with van der Waals surface area (Å²) in [7, 11) is 0. The van der Waals surface area contributed by atoms with Crippen molar-refractivity contribution in [2.24, 2.45) is 0 Å². The van der Waals surface area contributed by atoms with Gasteiger partial charge in [0.15, 0.2) is 11.5 Å². The van der Waals surface area contributed by atoms with Crippen molar-refractivity contribution in [1.29, 1.82) is 0 Å². The minimum Gasteiger partial charge on any atom is -0.395 e. The first kappa shape index (κ1) is 23.0. The van der Waals surface area contributed by atoms with Gasteiger partial charge < -0.3 is 25.4 Å². The number of carbonyl (C=O) groups is 2. The number of carbonyl (C=O) groups excluding carboxylic acids is 2. The second kappa shape index (κ2) is 9.78. The Hall–Kier alpha value is -4.14. The number of rotatable bonds is 7. The lowest BCUT2D eigenvalue weighted by Crippen LogP contribution is -2.36. The summed E-state index contributed by atoms with van der Waals surface area (Å²) in [5, 5.41) is 8.18. The maximum absolute atomic E-state index is 13.2. The third-order valence-electron chi connectivity index (χ3n) is 5.13. The summed E-state index contributed by atoms with van der Waals surface area (Å²) in [5.41, 5.74) is 3.33. The molecule has 0 saturated carbocycles. The standard InChI is InChI=1S/C25H23F2N3O4/c1-2-28-24(32)29-14-13-16-7-9-17(10-8-16)19-5-3-4-6-20(19)23(31)30-18-11-12-21-22(15-18)34-25(26,27)33-21/h3-12,15H,2,13-14H2,1H3,(H,30,31)(H2,28,29,32). The Kier molecular flexibility index (Phi) is 6.62. The Morgan fingerprint density at radius 2 is 1.65 bits per heavy atom. The summed E-state index contributed by atoms with van der Waals surface area (Å²) >= 11 is 0. The molecule has 4 rings (SSSR count). The molecule has 3 aromatic carbocycles.